The third-order valence-electron chi connectivity index (χ3n) is 4.50. The maximum Gasteiger partial charge on any atom is 0.240 e. The summed E-state index contributed by atoms with van der Waals surface area (Å²) in [5.41, 5.74) is 2.96. The van der Waals surface area contributed by atoms with E-state index in [0.717, 1.165) is 11.1 Å². The highest BCUT2D eigenvalue weighted by atomic mass is 32.2. The van der Waals surface area contributed by atoms with E-state index < -0.39 is 10.0 Å². The number of Topliss-reactive ketones (excluding diaryl/α,β-unsaturated/α-hetero) is 1. The molecule has 0 fully saturated rings. The summed E-state index contributed by atoms with van der Waals surface area (Å²) in [5, 5.41) is 2.84. The van der Waals surface area contributed by atoms with Crippen molar-refractivity contribution in [1.82, 2.24) is 4.72 Å². The number of benzene rings is 3. The molecule has 3 aromatic rings. The van der Waals surface area contributed by atoms with E-state index in [1.54, 1.807) is 6.07 Å². The van der Waals surface area contributed by atoms with Crippen molar-refractivity contribution in [3.8, 4) is 11.1 Å². The molecule has 6 nitrogen and oxygen atoms in total. The molecule has 0 bridgehead atoms. The molecular formula is C23H22N2O4S. The minimum absolute atomic E-state index is 0.0200. The molecule has 2 N–H and O–H groups in total. The molecule has 3 aromatic carbocycles. The molecular weight excluding hydrogens is 400 g/mol. The Morgan fingerprint density at radius 3 is 2.13 bits per heavy atom. The lowest BCUT2D eigenvalue weighted by atomic mass is 10.0. The Balaban J connectivity index is 1.60. The quantitative estimate of drug-likeness (QED) is 0.539. The topological polar surface area (TPSA) is 92.3 Å². The van der Waals surface area contributed by atoms with E-state index in [9.17, 15) is 18.0 Å². The number of carbonyl (C=O) groups excluding carboxylic acids is 2. The van der Waals surface area contributed by atoms with Crippen LogP contribution in [0.5, 0.6) is 0 Å². The summed E-state index contributed by atoms with van der Waals surface area (Å²) >= 11 is 0. The van der Waals surface area contributed by atoms with Crippen molar-refractivity contribution in [3.05, 3.63) is 84.4 Å². The molecule has 0 radical (unpaired) electrons. The highest BCUT2D eigenvalue weighted by molar-refractivity contribution is 7.89. The van der Waals surface area contributed by atoms with Gasteiger partial charge in [0, 0.05) is 29.8 Å². The first kappa shape index (κ1) is 21.4. The molecule has 0 atom stereocenters. The summed E-state index contributed by atoms with van der Waals surface area (Å²) in [5.74, 6) is -0.438. The molecule has 154 valence electrons. The van der Waals surface area contributed by atoms with Crippen LogP contribution in [0.1, 0.15) is 23.7 Å². The van der Waals surface area contributed by atoms with Crippen LogP contribution in [-0.2, 0) is 14.8 Å². The second kappa shape index (κ2) is 9.47. The van der Waals surface area contributed by atoms with Gasteiger partial charge >= 0.3 is 0 Å². The first-order chi connectivity index (χ1) is 14.4. The molecule has 0 aromatic heterocycles. The van der Waals surface area contributed by atoms with Gasteiger partial charge in [-0.05, 0) is 30.7 Å². The minimum Gasteiger partial charge on any atom is -0.325 e. The first-order valence-corrected chi connectivity index (χ1v) is 10.9. The number of sulfonamides is 1. The van der Waals surface area contributed by atoms with Crippen LogP contribution in [0.3, 0.4) is 0 Å². The van der Waals surface area contributed by atoms with Gasteiger partial charge in [0.15, 0.2) is 5.78 Å². The van der Waals surface area contributed by atoms with Crippen molar-refractivity contribution in [2.24, 2.45) is 0 Å². The van der Waals surface area contributed by atoms with Crippen LogP contribution < -0.4 is 10.0 Å². The Bertz CT molecular complexity index is 1140. The lowest BCUT2D eigenvalue weighted by molar-refractivity contribution is -0.116. The summed E-state index contributed by atoms with van der Waals surface area (Å²) in [4.78, 5) is 23.7. The van der Waals surface area contributed by atoms with Gasteiger partial charge in [0.25, 0.3) is 0 Å². The van der Waals surface area contributed by atoms with Gasteiger partial charge in [0.2, 0.25) is 15.9 Å². The molecule has 30 heavy (non-hydrogen) atoms. The molecule has 0 aliphatic rings. The molecule has 0 aliphatic carbocycles. The lowest BCUT2D eigenvalue weighted by Crippen LogP contribution is -2.28. The maximum atomic E-state index is 12.4. The summed E-state index contributed by atoms with van der Waals surface area (Å²) in [6, 6.07) is 22.8. The maximum absolute atomic E-state index is 12.4. The predicted molar refractivity (Wildman–Crippen MR) is 117 cm³/mol. The van der Waals surface area contributed by atoms with Crippen LogP contribution in [0.2, 0.25) is 0 Å². The zero-order chi connectivity index (χ0) is 21.6. The van der Waals surface area contributed by atoms with Gasteiger partial charge in [0.1, 0.15) is 0 Å². The fourth-order valence-corrected chi connectivity index (χ4v) is 3.96. The molecule has 0 spiro atoms. The van der Waals surface area contributed by atoms with Crippen LogP contribution in [0.4, 0.5) is 5.69 Å². The number of carbonyl (C=O) groups is 2. The van der Waals surface area contributed by atoms with Crippen molar-refractivity contribution < 1.29 is 18.0 Å². The zero-order valence-electron chi connectivity index (χ0n) is 16.5. The SMILES string of the molecule is CC(=O)c1ccc(S(=O)(=O)NCCC(=O)Nc2ccccc2-c2ccccc2)cc1. The number of amides is 1. The average molecular weight is 423 g/mol. The highest BCUT2D eigenvalue weighted by Gasteiger charge is 2.15. The Morgan fingerprint density at radius 1 is 0.833 bits per heavy atom. The molecule has 7 heteroatoms. The monoisotopic (exact) mass is 422 g/mol. The molecule has 1 amide bonds. The molecule has 0 unspecified atom stereocenters. The third-order valence-corrected chi connectivity index (χ3v) is 5.98. The number of rotatable bonds is 8. The molecule has 3 rings (SSSR count). The molecule has 0 heterocycles. The number of ketones is 1. The van der Waals surface area contributed by atoms with E-state index in [-0.39, 0.29) is 29.6 Å². The standard InChI is InChI=1S/C23H22N2O4S/c1-17(26)18-11-13-20(14-12-18)30(28,29)24-16-15-23(27)25-22-10-6-5-9-21(22)19-7-3-2-4-8-19/h2-14,24H,15-16H2,1H3,(H,25,27). The zero-order valence-corrected chi connectivity index (χ0v) is 17.3. The van der Waals surface area contributed by atoms with Gasteiger partial charge in [-0.3, -0.25) is 9.59 Å². The summed E-state index contributed by atoms with van der Waals surface area (Å²) in [7, 11) is -3.76. The van der Waals surface area contributed by atoms with Crippen molar-refractivity contribution >= 4 is 27.4 Å². The lowest BCUT2D eigenvalue weighted by Gasteiger charge is -2.12. The summed E-state index contributed by atoms with van der Waals surface area (Å²) in [6.07, 6.45) is -0.0200. The summed E-state index contributed by atoms with van der Waals surface area (Å²) < 4.78 is 27.1. The Hall–Kier alpha value is -3.29. The smallest absolute Gasteiger partial charge is 0.240 e. The van der Waals surface area contributed by atoms with Gasteiger partial charge in [0.05, 0.1) is 4.90 Å². The van der Waals surface area contributed by atoms with E-state index in [0.29, 0.717) is 11.3 Å². The van der Waals surface area contributed by atoms with Crippen LogP contribution in [0, 0.1) is 0 Å². The predicted octanol–water partition coefficient (Wildman–Crippen LogP) is 3.86. The van der Waals surface area contributed by atoms with Gasteiger partial charge in [-0.2, -0.15) is 0 Å². The Labute approximate surface area is 176 Å². The Kier molecular flexibility index (Phi) is 6.76. The van der Waals surface area contributed by atoms with E-state index in [2.05, 4.69) is 10.0 Å². The first-order valence-electron chi connectivity index (χ1n) is 9.42. The summed E-state index contributed by atoms with van der Waals surface area (Å²) in [6.45, 7) is 1.37. The van der Waals surface area contributed by atoms with Crippen LogP contribution in [0.25, 0.3) is 11.1 Å². The normalized spacial score (nSPS) is 11.1. The second-order valence-electron chi connectivity index (χ2n) is 6.69. The second-order valence-corrected chi connectivity index (χ2v) is 8.46. The van der Waals surface area contributed by atoms with Crippen molar-refractivity contribution in [2.75, 3.05) is 11.9 Å². The number of hydrogen-bond acceptors (Lipinski definition) is 4. The number of nitrogens with one attached hydrogen (secondary N) is 2. The van der Waals surface area contributed by atoms with Crippen molar-refractivity contribution in [2.45, 2.75) is 18.2 Å². The fourth-order valence-electron chi connectivity index (χ4n) is 2.93. The van der Waals surface area contributed by atoms with Crippen LogP contribution >= 0.6 is 0 Å². The third kappa shape index (κ3) is 5.40. The van der Waals surface area contributed by atoms with Gasteiger partial charge < -0.3 is 5.32 Å². The molecule has 0 saturated heterocycles. The van der Waals surface area contributed by atoms with E-state index >= 15 is 0 Å². The molecule has 0 aliphatic heterocycles. The van der Waals surface area contributed by atoms with Gasteiger partial charge in [-0.25, -0.2) is 13.1 Å². The van der Waals surface area contributed by atoms with E-state index in [1.165, 1.54) is 31.2 Å². The highest BCUT2D eigenvalue weighted by Crippen LogP contribution is 2.27. The van der Waals surface area contributed by atoms with Gasteiger partial charge in [-0.15, -0.1) is 0 Å². The average Bonchev–Trinajstić information content (AvgIpc) is 2.74. The minimum atomic E-state index is -3.76. The number of para-hydroxylation sites is 1. The number of anilines is 1. The van der Waals surface area contributed by atoms with E-state index in [4.69, 9.17) is 0 Å². The largest absolute Gasteiger partial charge is 0.325 e. The van der Waals surface area contributed by atoms with Crippen molar-refractivity contribution in [3.63, 3.8) is 0 Å². The van der Waals surface area contributed by atoms with E-state index in [1.807, 2.05) is 48.5 Å². The van der Waals surface area contributed by atoms with Crippen LogP contribution in [0.15, 0.2) is 83.8 Å². The number of hydrogen-bond donors (Lipinski definition) is 2. The van der Waals surface area contributed by atoms with Gasteiger partial charge in [-0.1, -0.05) is 60.7 Å². The fraction of sp³-hybridized carbons (Fsp3) is 0.130. The molecule has 0 saturated carbocycles. The van der Waals surface area contributed by atoms with Crippen molar-refractivity contribution in [1.29, 1.82) is 0 Å². The van der Waals surface area contributed by atoms with Crippen LogP contribution in [-0.4, -0.2) is 26.7 Å². The Morgan fingerprint density at radius 2 is 1.47 bits per heavy atom.